The summed E-state index contributed by atoms with van der Waals surface area (Å²) in [6, 6.07) is 7.03. The number of carbonyl (C=O) groups excluding carboxylic acids is 2. The van der Waals surface area contributed by atoms with Crippen LogP contribution >= 0.6 is 34.7 Å². The molecule has 0 saturated carbocycles. The molecule has 0 unspecified atom stereocenters. The van der Waals surface area contributed by atoms with E-state index in [1.54, 1.807) is 31.2 Å². The summed E-state index contributed by atoms with van der Waals surface area (Å²) in [5, 5.41) is 11.5. The second-order valence-corrected chi connectivity index (χ2v) is 9.76. The maximum absolute atomic E-state index is 12.6. The van der Waals surface area contributed by atoms with E-state index in [0.717, 1.165) is 36.1 Å². The smallest absolute Gasteiger partial charge is 0.341 e. The van der Waals surface area contributed by atoms with Gasteiger partial charge in [-0.05, 0) is 62.4 Å². The highest BCUT2D eigenvalue weighted by molar-refractivity contribution is 7.99. The van der Waals surface area contributed by atoms with E-state index in [-0.39, 0.29) is 24.2 Å². The average molecular weight is 507 g/mol. The number of ether oxygens (including phenoxy) is 2. The molecule has 1 aliphatic carbocycles. The van der Waals surface area contributed by atoms with Gasteiger partial charge in [-0.3, -0.25) is 9.89 Å². The number of hydrogen-bond donors (Lipinski definition) is 2. The lowest BCUT2D eigenvalue weighted by molar-refractivity contribution is -0.113. The maximum Gasteiger partial charge on any atom is 0.341 e. The Morgan fingerprint density at radius 1 is 1.24 bits per heavy atom. The number of carbonyl (C=O) groups is 2. The normalized spacial score (nSPS) is 12.8. The second kappa shape index (κ2) is 11.0. The van der Waals surface area contributed by atoms with Crippen molar-refractivity contribution < 1.29 is 19.1 Å². The van der Waals surface area contributed by atoms with Crippen molar-refractivity contribution in [2.75, 3.05) is 17.7 Å². The molecule has 11 heteroatoms. The van der Waals surface area contributed by atoms with Gasteiger partial charge in [0, 0.05) is 9.90 Å². The van der Waals surface area contributed by atoms with Crippen LogP contribution in [0.25, 0.3) is 0 Å². The number of esters is 1. The Labute approximate surface area is 204 Å². The predicted octanol–water partition coefficient (Wildman–Crippen LogP) is 4.88. The zero-order chi connectivity index (χ0) is 23.2. The molecule has 1 amide bonds. The second-order valence-electron chi connectivity index (χ2n) is 7.28. The third kappa shape index (κ3) is 6.07. The van der Waals surface area contributed by atoms with Gasteiger partial charge in [-0.15, -0.1) is 16.4 Å². The summed E-state index contributed by atoms with van der Waals surface area (Å²) in [6.07, 6.45) is 3.89. The standard InChI is InChI=1S/C22H23ClN4O4S2/c1-2-30-21(29)19-15-5-3-4-6-16(15)33-20(19)25-18(28)12-32-22-24-17(26-27-22)11-31-14-9-7-13(23)8-10-14/h7-10H,2-6,11-12H2,1H3,(H,25,28)(H,24,26,27). The molecule has 2 aromatic heterocycles. The Morgan fingerprint density at radius 2 is 2.03 bits per heavy atom. The molecule has 2 N–H and O–H groups in total. The molecule has 0 spiro atoms. The van der Waals surface area contributed by atoms with Gasteiger partial charge in [-0.25, -0.2) is 9.78 Å². The van der Waals surface area contributed by atoms with Gasteiger partial charge in [0.2, 0.25) is 11.1 Å². The molecule has 0 fully saturated rings. The first-order chi connectivity index (χ1) is 16.0. The highest BCUT2D eigenvalue weighted by Gasteiger charge is 2.27. The lowest BCUT2D eigenvalue weighted by Crippen LogP contribution is -2.17. The van der Waals surface area contributed by atoms with E-state index in [1.807, 2.05) is 0 Å². The fourth-order valence-corrected chi connectivity index (χ4v) is 5.49. The Bertz CT molecular complexity index is 1130. The van der Waals surface area contributed by atoms with Crippen molar-refractivity contribution in [3.63, 3.8) is 0 Å². The van der Waals surface area contributed by atoms with E-state index in [9.17, 15) is 9.59 Å². The van der Waals surface area contributed by atoms with E-state index < -0.39 is 0 Å². The Kier molecular flexibility index (Phi) is 7.89. The lowest BCUT2D eigenvalue weighted by Gasteiger charge is -2.12. The highest BCUT2D eigenvalue weighted by atomic mass is 35.5. The van der Waals surface area contributed by atoms with Gasteiger partial charge in [0.1, 0.15) is 17.4 Å². The van der Waals surface area contributed by atoms with Crippen molar-refractivity contribution in [1.82, 2.24) is 15.2 Å². The van der Waals surface area contributed by atoms with Crippen LogP contribution in [0.15, 0.2) is 29.4 Å². The van der Waals surface area contributed by atoms with Crippen LogP contribution in [-0.4, -0.2) is 39.4 Å². The van der Waals surface area contributed by atoms with E-state index in [1.165, 1.54) is 23.1 Å². The minimum atomic E-state index is -0.376. The summed E-state index contributed by atoms with van der Waals surface area (Å²) in [5.41, 5.74) is 1.53. The predicted molar refractivity (Wildman–Crippen MR) is 128 cm³/mol. The van der Waals surface area contributed by atoms with Crippen LogP contribution < -0.4 is 10.1 Å². The number of nitrogens with zero attached hydrogens (tertiary/aromatic N) is 2. The summed E-state index contributed by atoms with van der Waals surface area (Å²) in [5.74, 6) is 0.719. The van der Waals surface area contributed by atoms with Gasteiger partial charge in [0.15, 0.2) is 5.82 Å². The van der Waals surface area contributed by atoms with E-state index in [2.05, 4.69) is 20.5 Å². The first-order valence-electron chi connectivity index (χ1n) is 10.6. The maximum atomic E-state index is 12.6. The van der Waals surface area contributed by atoms with Crippen LogP contribution in [0, 0.1) is 0 Å². The summed E-state index contributed by atoms with van der Waals surface area (Å²) in [6.45, 7) is 2.28. The zero-order valence-electron chi connectivity index (χ0n) is 18.0. The number of nitrogens with one attached hydrogen (secondary N) is 2. The Hall–Kier alpha value is -2.56. The molecule has 0 atom stereocenters. The summed E-state index contributed by atoms with van der Waals surface area (Å²) < 4.78 is 10.9. The number of anilines is 1. The molecule has 2 heterocycles. The minimum absolute atomic E-state index is 0.111. The third-order valence-corrected chi connectivity index (χ3v) is 7.24. The first kappa shape index (κ1) is 23.6. The van der Waals surface area contributed by atoms with Crippen LogP contribution in [-0.2, 0) is 29.0 Å². The number of halogens is 1. The molecule has 1 aromatic carbocycles. The fraction of sp³-hybridized carbons (Fsp3) is 0.364. The van der Waals surface area contributed by atoms with Gasteiger partial charge >= 0.3 is 5.97 Å². The number of aromatic amines is 1. The van der Waals surface area contributed by atoms with Crippen molar-refractivity contribution in [2.45, 2.75) is 44.4 Å². The SMILES string of the molecule is CCOC(=O)c1c(NC(=O)CSc2n[nH]c(COc3ccc(Cl)cc3)n2)sc2c1CCCC2. The summed E-state index contributed by atoms with van der Waals surface area (Å²) in [7, 11) is 0. The lowest BCUT2D eigenvalue weighted by atomic mass is 9.95. The number of aromatic nitrogens is 3. The molecular weight excluding hydrogens is 484 g/mol. The van der Waals surface area contributed by atoms with Crippen molar-refractivity contribution in [3.05, 3.63) is 51.1 Å². The Morgan fingerprint density at radius 3 is 2.82 bits per heavy atom. The number of thioether (sulfide) groups is 1. The number of hydrogen-bond acceptors (Lipinski definition) is 8. The topological polar surface area (TPSA) is 106 Å². The number of fused-ring (bicyclic) bond motifs is 1. The Balaban J connectivity index is 1.33. The molecule has 174 valence electrons. The zero-order valence-corrected chi connectivity index (χ0v) is 20.4. The van der Waals surface area contributed by atoms with Crippen molar-refractivity contribution in [2.24, 2.45) is 0 Å². The van der Waals surface area contributed by atoms with Gasteiger partial charge in [-0.2, -0.15) is 0 Å². The van der Waals surface area contributed by atoms with Gasteiger partial charge in [-0.1, -0.05) is 23.4 Å². The average Bonchev–Trinajstić information content (AvgIpc) is 3.41. The van der Waals surface area contributed by atoms with E-state index in [4.69, 9.17) is 21.1 Å². The number of benzene rings is 1. The van der Waals surface area contributed by atoms with Crippen LogP contribution in [0.2, 0.25) is 5.02 Å². The number of thiophene rings is 1. The molecule has 33 heavy (non-hydrogen) atoms. The molecule has 0 radical (unpaired) electrons. The first-order valence-corrected chi connectivity index (χ1v) is 12.8. The van der Waals surface area contributed by atoms with Crippen molar-refractivity contribution in [3.8, 4) is 5.75 Å². The quantitative estimate of drug-likeness (QED) is 0.314. The molecule has 1 aliphatic rings. The molecule has 8 nitrogen and oxygen atoms in total. The molecule has 3 aromatic rings. The van der Waals surface area contributed by atoms with Gasteiger partial charge < -0.3 is 14.8 Å². The van der Waals surface area contributed by atoms with E-state index >= 15 is 0 Å². The molecule has 0 bridgehead atoms. The highest BCUT2D eigenvalue weighted by Crippen LogP contribution is 2.38. The van der Waals surface area contributed by atoms with Crippen molar-refractivity contribution >= 4 is 51.6 Å². The van der Waals surface area contributed by atoms with Crippen LogP contribution in [0.5, 0.6) is 5.75 Å². The molecule has 0 aliphatic heterocycles. The fourth-order valence-electron chi connectivity index (χ4n) is 3.46. The summed E-state index contributed by atoms with van der Waals surface area (Å²) >= 11 is 8.54. The minimum Gasteiger partial charge on any atom is -0.486 e. The van der Waals surface area contributed by atoms with Crippen LogP contribution in [0.4, 0.5) is 5.00 Å². The summed E-state index contributed by atoms with van der Waals surface area (Å²) in [4.78, 5) is 30.6. The van der Waals surface area contributed by atoms with Crippen LogP contribution in [0.1, 0.15) is 46.4 Å². The number of rotatable bonds is 9. The van der Waals surface area contributed by atoms with Gasteiger partial charge in [0.25, 0.3) is 0 Å². The molecule has 4 rings (SSSR count). The number of H-pyrrole nitrogens is 1. The van der Waals surface area contributed by atoms with Crippen LogP contribution in [0.3, 0.4) is 0 Å². The third-order valence-electron chi connectivity index (χ3n) is 4.94. The molecular formula is C22H23ClN4O4S2. The number of amides is 1. The molecule has 0 saturated heterocycles. The largest absolute Gasteiger partial charge is 0.486 e. The van der Waals surface area contributed by atoms with E-state index in [0.29, 0.717) is 38.9 Å². The number of aryl methyl sites for hydroxylation is 1. The van der Waals surface area contributed by atoms with Gasteiger partial charge in [0.05, 0.1) is 17.9 Å². The van der Waals surface area contributed by atoms with Crippen molar-refractivity contribution in [1.29, 1.82) is 0 Å². The monoisotopic (exact) mass is 506 g/mol.